The van der Waals surface area contributed by atoms with Gasteiger partial charge in [0.15, 0.2) is 11.2 Å². The summed E-state index contributed by atoms with van der Waals surface area (Å²) in [4.78, 5) is 12.7. The molecule has 2 N–H and O–H groups in total. The molecule has 0 aliphatic carbocycles. The van der Waals surface area contributed by atoms with Gasteiger partial charge in [-0.05, 0) is 60.7 Å². The number of allylic oxidation sites excluding steroid dienone is 5. The van der Waals surface area contributed by atoms with Crippen molar-refractivity contribution in [1.82, 2.24) is 9.71 Å². The summed E-state index contributed by atoms with van der Waals surface area (Å²) in [6.45, 7) is 0. The lowest BCUT2D eigenvalue weighted by atomic mass is 10.3. The van der Waals surface area contributed by atoms with E-state index in [1.54, 1.807) is 0 Å². The second kappa shape index (κ2) is 5.39. The quantitative estimate of drug-likeness (QED) is 0.693. The van der Waals surface area contributed by atoms with E-state index in [4.69, 9.17) is 0 Å². The monoisotopic (exact) mass is 331 g/mol. The van der Waals surface area contributed by atoms with Crippen molar-refractivity contribution in [3.05, 3.63) is 81.8 Å². The van der Waals surface area contributed by atoms with Gasteiger partial charge in [0.1, 0.15) is 16.8 Å². The van der Waals surface area contributed by atoms with Gasteiger partial charge in [0.05, 0.1) is 22.8 Å². The SMILES string of the molecule is C1=CC2=NC1=CC1=CC[S+](C=C3C=CC(=N3)C=c3ccc([nH]3)=C2)N1. The van der Waals surface area contributed by atoms with Crippen LogP contribution in [0.5, 0.6) is 0 Å². The normalized spacial score (nSPS) is 23.5. The minimum Gasteiger partial charge on any atom is -0.355 e. The van der Waals surface area contributed by atoms with Crippen LogP contribution in [0.25, 0.3) is 12.2 Å². The molecule has 0 saturated heterocycles. The Kier molecular flexibility index (Phi) is 3.06. The van der Waals surface area contributed by atoms with E-state index in [0.717, 1.165) is 45.0 Å². The van der Waals surface area contributed by atoms with Crippen LogP contribution in [0.1, 0.15) is 0 Å². The van der Waals surface area contributed by atoms with Crippen molar-refractivity contribution in [2.75, 3.05) is 5.75 Å². The zero-order valence-corrected chi connectivity index (χ0v) is 13.7. The zero-order chi connectivity index (χ0) is 15.9. The Balaban J connectivity index is 1.65. The van der Waals surface area contributed by atoms with E-state index < -0.39 is 0 Å². The summed E-state index contributed by atoms with van der Waals surface area (Å²) >= 11 is -0.00726. The molecule has 24 heavy (non-hydrogen) atoms. The van der Waals surface area contributed by atoms with Gasteiger partial charge in [0.25, 0.3) is 0 Å². The highest BCUT2D eigenvalue weighted by atomic mass is 32.2. The maximum atomic E-state index is 4.68. The van der Waals surface area contributed by atoms with Crippen molar-refractivity contribution in [2.45, 2.75) is 0 Å². The fourth-order valence-electron chi connectivity index (χ4n) is 2.90. The first-order chi connectivity index (χ1) is 11.8. The van der Waals surface area contributed by atoms with Crippen molar-refractivity contribution in [2.24, 2.45) is 9.98 Å². The molecule has 0 spiro atoms. The van der Waals surface area contributed by atoms with Crippen LogP contribution in [0.2, 0.25) is 0 Å². The van der Waals surface area contributed by atoms with Gasteiger partial charge in [-0.15, -0.1) is 0 Å². The number of aromatic nitrogens is 1. The van der Waals surface area contributed by atoms with Gasteiger partial charge in [-0.2, -0.15) is 0 Å². The lowest BCUT2D eigenvalue weighted by Crippen LogP contribution is -2.16. The van der Waals surface area contributed by atoms with Crippen LogP contribution >= 0.6 is 0 Å². The molecule has 0 amide bonds. The first kappa shape index (κ1) is 13.6. The molecular formula is C19H15N4S+. The molecule has 0 aromatic carbocycles. The second-order valence-electron chi connectivity index (χ2n) is 5.87. The number of nitrogens with zero attached hydrogens (tertiary/aromatic N) is 2. The molecule has 5 heteroatoms. The molecule has 0 saturated carbocycles. The van der Waals surface area contributed by atoms with Gasteiger partial charge >= 0.3 is 0 Å². The van der Waals surface area contributed by atoms with Crippen molar-refractivity contribution in [3.63, 3.8) is 0 Å². The molecule has 1 unspecified atom stereocenters. The largest absolute Gasteiger partial charge is 0.355 e. The summed E-state index contributed by atoms with van der Waals surface area (Å²) in [6.07, 6.45) is 16.7. The summed E-state index contributed by atoms with van der Waals surface area (Å²) in [5.41, 5.74) is 5.06. The molecule has 1 aromatic rings. The minimum atomic E-state index is -0.00726. The smallest absolute Gasteiger partial charge is 0.172 e. The molecule has 5 rings (SSSR count). The fourth-order valence-corrected chi connectivity index (χ4v) is 4.36. The minimum absolute atomic E-state index is 0.00726. The van der Waals surface area contributed by atoms with Crippen LogP contribution in [0.4, 0.5) is 0 Å². The van der Waals surface area contributed by atoms with E-state index in [-0.39, 0.29) is 11.1 Å². The third-order valence-corrected chi connectivity index (χ3v) is 5.55. The average Bonchev–Trinajstić information content (AvgIpc) is 3.32. The van der Waals surface area contributed by atoms with E-state index in [0.29, 0.717) is 0 Å². The number of rotatable bonds is 0. The lowest BCUT2D eigenvalue weighted by Gasteiger charge is -1.97. The molecular weight excluding hydrogens is 316 g/mol. The first-order valence-corrected chi connectivity index (χ1v) is 9.28. The Bertz CT molecular complexity index is 1060. The molecule has 4 aliphatic heterocycles. The predicted octanol–water partition coefficient (Wildman–Crippen LogP) is 1.36. The van der Waals surface area contributed by atoms with Gasteiger partial charge in [-0.25, -0.2) is 14.7 Å². The molecule has 1 atom stereocenters. The van der Waals surface area contributed by atoms with Crippen LogP contribution in [-0.4, -0.2) is 22.2 Å². The third-order valence-electron chi connectivity index (χ3n) is 4.00. The number of fused-ring (bicyclic) bond motifs is 6. The van der Waals surface area contributed by atoms with E-state index in [1.807, 2.05) is 12.2 Å². The molecule has 116 valence electrons. The van der Waals surface area contributed by atoms with E-state index in [2.05, 4.69) is 73.7 Å². The van der Waals surface area contributed by atoms with Crippen LogP contribution < -0.4 is 15.4 Å². The Morgan fingerprint density at radius 2 is 1.54 bits per heavy atom. The van der Waals surface area contributed by atoms with Gasteiger partial charge in [-0.3, -0.25) is 0 Å². The number of hydrogen-bond acceptors (Lipinski definition) is 3. The Morgan fingerprint density at radius 3 is 2.33 bits per heavy atom. The molecule has 0 fully saturated rings. The lowest BCUT2D eigenvalue weighted by molar-refractivity contribution is 1.27. The highest BCUT2D eigenvalue weighted by Crippen LogP contribution is 2.19. The molecule has 5 heterocycles. The van der Waals surface area contributed by atoms with Gasteiger partial charge < -0.3 is 4.98 Å². The van der Waals surface area contributed by atoms with Crippen molar-refractivity contribution >= 4 is 34.7 Å². The maximum Gasteiger partial charge on any atom is 0.172 e. The summed E-state index contributed by atoms with van der Waals surface area (Å²) in [6, 6.07) is 4.12. The molecule has 4 nitrogen and oxygen atoms in total. The summed E-state index contributed by atoms with van der Waals surface area (Å²) in [5.74, 6) is 0.997. The van der Waals surface area contributed by atoms with Crippen LogP contribution in [-0.2, 0) is 11.1 Å². The molecule has 4 aliphatic rings. The number of H-pyrrole nitrogens is 1. The molecule has 0 radical (unpaired) electrons. The Labute approximate surface area is 142 Å². The van der Waals surface area contributed by atoms with E-state index >= 15 is 0 Å². The summed E-state index contributed by atoms with van der Waals surface area (Å²) < 4.78 is 3.54. The first-order valence-electron chi connectivity index (χ1n) is 7.82. The zero-order valence-electron chi connectivity index (χ0n) is 12.9. The van der Waals surface area contributed by atoms with E-state index in [9.17, 15) is 0 Å². The van der Waals surface area contributed by atoms with Crippen molar-refractivity contribution in [3.8, 4) is 0 Å². The third kappa shape index (κ3) is 2.63. The molecule has 8 bridgehead atoms. The predicted molar refractivity (Wildman–Crippen MR) is 102 cm³/mol. The number of aliphatic imine (C=N–C) groups is 2. The Morgan fingerprint density at radius 1 is 0.833 bits per heavy atom. The van der Waals surface area contributed by atoms with Crippen molar-refractivity contribution < 1.29 is 0 Å². The maximum absolute atomic E-state index is 4.68. The standard InChI is InChI=1S/C19H15N4S/c1-2-15-10-16-5-6-19(22-16)12-24-8-7-18(23-24)11-17-4-3-14(21-17)9-13(1)20-15/h1-7,9-12,20,23H,8H2/q+1. The van der Waals surface area contributed by atoms with Crippen LogP contribution in [0.15, 0.2) is 81.1 Å². The van der Waals surface area contributed by atoms with Gasteiger partial charge in [-0.1, -0.05) is 0 Å². The summed E-state index contributed by atoms with van der Waals surface area (Å²) in [7, 11) is 0. The fraction of sp³-hybridized carbons (Fsp3) is 0.0526. The van der Waals surface area contributed by atoms with Crippen molar-refractivity contribution in [1.29, 1.82) is 0 Å². The second-order valence-corrected chi connectivity index (χ2v) is 7.50. The molecule has 1 aromatic heterocycles. The van der Waals surface area contributed by atoms with Crippen LogP contribution in [0, 0.1) is 0 Å². The number of hydrogen-bond donors (Lipinski definition) is 2. The number of nitrogens with one attached hydrogen (secondary N) is 2. The van der Waals surface area contributed by atoms with E-state index in [1.165, 1.54) is 0 Å². The number of aromatic amines is 1. The highest BCUT2D eigenvalue weighted by Gasteiger charge is 2.24. The summed E-state index contributed by atoms with van der Waals surface area (Å²) in [5, 5.41) is 4.29. The topological polar surface area (TPSA) is 52.5 Å². The van der Waals surface area contributed by atoms with Crippen LogP contribution in [0.3, 0.4) is 0 Å². The average molecular weight is 331 g/mol. The highest BCUT2D eigenvalue weighted by molar-refractivity contribution is 7.98. The van der Waals surface area contributed by atoms with Gasteiger partial charge in [0.2, 0.25) is 0 Å². The van der Waals surface area contributed by atoms with Gasteiger partial charge in [0, 0.05) is 10.7 Å². The Hall–Kier alpha value is -2.79.